The Morgan fingerprint density at radius 1 is 1.22 bits per heavy atom. The summed E-state index contributed by atoms with van der Waals surface area (Å²) in [7, 11) is 0. The van der Waals surface area contributed by atoms with Gasteiger partial charge in [0.25, 0.3) is 0 Å². The maximum absolute atomic E-state index is 5.28. The summed E-state index contributed by atoms with van der Waals surface area (Å²) in [4.78, 5) is 4.89. The summed E-state index contributed by atoms with van der Waals surface area (Å²) in [6.45, 7) is 5.25. The van der Waals surface area contributed by atoms with Crippen LogP contribution in [0.5, 0.6) is 0 Å². The Hall–Kier alpha value is -2.57. The molecule has 27 heavy (non-hydrogen) atoms. The van der Waals surface area contributed by atoms with Gasteiger partial charge in [0.05, 0.1) is 12.5 Å². The first-order chi connectivity index (χ1) is 13.3. The normalized spacial score (nSPS) is 20.6. The lowest BCUT2D eigenvalue weighted by atomic mass is 9.97. The molecule has 2 aliphatic rings. The molecule has 1 saturated heterocycles. The standard InChI is InChI=1S/C21H27N5O/c1-15-3-2-4-18(11-15)25-21-24-13-19(17-7-10-27-14-17)20(26-21)23-12-16-5-8-22-9-6-16/h2-4,7,10-11,13-14,16,20,22-23H,5-6,8-9,12H2,1H3,(H2,24,25,26). The molecule has 0 saturated carbocycles. The second-order valence-corrected chi connectivity index (χ2v) is 7.23. The minimum atomic E-state index is -0.106. The second-order valence-electron chi connectivity index (χ2n) is 7.23. The quantitative estimate of drug-likeness (QED) is 0.656. The number of guanidine groups is 1. The van der Waals surface area contributed by atoms with Crippen LogP contribution in [0.25, 0.3) is 5.57 Å². The highest BCUT2D eigenvalue weighted by Gasteiger charge is 2.22. The topological polar surface area (TPSA) is 73.6 Å². The van der Waals surface area contributed by atoms with Crippen molar-refractivity contribution in [3.05, 3.63) is 60.2 Å². The number of rotatable bonds is 5. The summed E-state index contributed by atoms with van der Waals surface area (Å²) in [5.41, 5.74) is 4.38. The molecule has 2 aliphatic heterocycles. The van der Waals surface area contributed by atoms with E-state index in [1.165, 1.54) is 18.4 Å². The minimum Gasteiger partial charge on any atom is -0.472 e. The fourth-order valence-corrected chi connectivity index (χ4v) is 3.58. The van der Waals surface area contributed by atoms with Crippen LogP contribution in [0.4, 0.5) is 5.69 Å². The zero-order chi connectivity index (χ0) is 18.5. The fourth-order valence-electron chi connectivity index (χ4n) is 3.58. The smallest absolute Gasteiger partial charge is 0.201 e. The predicted octanol–water partition coefficient (Wildman–Crippen LogP) is 2.92. The van der Waals surface area contributed by atoms with E-state index in [0.29, 0.717) is 5.92 Å². The summed E-state index contributed by atoms with van der Waals surface area (Å²) >= 11 is 0. The first-order valence-electron chi connectivity index (χ1n) is 9.63. The maximum Gasteiger partial charge on any atom is 0.201 e. The predicted molar refractivity (Wildman–Crippen MR) is 109 cm³/mol. The highest BCUT2D eigenvalue weighted by molar-refractivity contribution is 5.97. The molecule has 6 heteroatoms. The number of nitrogens with zero attached hydrogens (tertiary/aromatic N) is 1. The Bertz CT molecular complexity index is 806. The lowest BCUT2D eigenvalue weighted by molar-refractivity contribution is 0.351. The van der Waals surface area contributed by atoms with E-state index >= 15 is 0 Å². The van der Waals surface area contributed by atoms with Crippen LogP contribution in [-0.2, 0) is 0 Å². The van der Waals surface area contributed by atoms with Crippen molar-refractivity contribution in [3.8, 4) is 0 Å². The third-order valence-electron chi connectivity index (χ3n) is 5.11. The third-order valence-corrected chi connectivity index (χ3v) is 5.11. The number of piperidine rings is 1. The van der Waals surface area contributed by atoms with E-state index in [4.69, 9.17) is 9.41 Å². The lowest BCUT2D eigenvalue weighted by Crippen LogP contribution is -2.42. The van der Waals surface area contributed by atoms with Crippen molar-refractivity contribution in [1.82, 2.24) is 16.0 Å². The van der Waals surface area contributed by atoms with Crippen molar-refractivity contribution in [1.29, 1.82) is 0 Å². The summed E-state index contributed by atoms with van der Waals surface area (Å²) in [5.74, 6) is 1.44. The molecule has 3 heterocycles. The van der Waals surface area contributed by atoms with E-state index in [-0.39, 0.29) is 6.17 Å². The fraction of sp³-hybridized carbons (Fsp3) is 0.381. The molecule has 0 bridgehead atoms. The van der Waals surface area contributed by atoms with Gasteiger partial charge in [0.15, 0.2) is 0 Å². The van der Waals surface area contributed by atoms with Crippen molar-refractivity contribution in [2.45, 2.75) is 25.9 Å². The van der Waals surface area contributed by atoms with Gasteiger partial charge in [-0.1, -0.05) is 12.1 Å². The van der Waals surface area contributed by atoms with Gasteiger partial charge in [-0.05, 0) is 62.5 Å². The van der Waals surface area contributed by atoms with Gasteiger partial charge in [-0.3, -0.25) is 5.32 Å². The van der Waals surface area contributed by atoms with Crippen molar-refractivity contribution in [2.75, 3.05) is 25.0 Å². The molecule has 2 aromatic rings. The zero-order valence-electron chi connectivity index (χ0n) is 15.7. The van der Waals surface area contributed by atoms with Crippen molar-refractivity contribution in [3.63, 3.8) is 0 Å². The van der Waals surface area contributed by atoms with E-state index in [9.17, 15) is 0 Å². The van der Waals surface area contributed by atoms with Crippen LogP contribution in [0.3, 0.4) is 0 Å². The third kappa shape index (κ3) is 4.59. The van der Waals surface area contributed by atoms with Crippen LogP contribution >= 0.6 is 0 Å². The van der Waals surface area contributed by atoms with Crippen LogP contribution in [0.1, 0.15) is 24.0 Å². The Labute approximate surface area is 160 Å². The summed E-state index contributed by atoms with van der Waals surface area (Å²) in [5, 5.41) is 13.7. The molecule has 142 valence electrons. The molecule has 1 aromatic heterocycles. The molecule has 1 atom stereocenters. The minimum absolute atomic E-state index is 0.106. The number of nitrogens with one attached hydrogen (secondary N) is 4. The molecule has 1 aromatic carbocycles. The van der Waals surface area contributed by atoms with Gasteiger partial charge >= 0.3 is 0 Å². The Morgan fingerprint density at radius 2 is 2.11 bits per heavy atom. The summed E-state index contributed by atoms with van der Waals surface area (Å²) < 4.78 is 5.28. The number of aryl methyl sites for hydroxylation is 1. The van der Waals surface area contributed by atoms with Crippen molar-refractivity contribution in [2.24, 2.45) is 10.9 Å². The molecule has 6 nitrogen and oxygen atoms in total. The molecule has 4 rings (SSSR count). The summed E-state index contributed by atoms with van der Waals surface area (Å²) in [6.07, 6.45) is 7.79. The highest BCUT2D eigenvalue weighted by atomic mass is 16.3. The molecule has 1 unspecified atom stereocenters. The van der Waals surface area contributed by atoms with Crippen LogP contribution in [0.2, 0.25) is 0 Å². The van der Waals surface area contributed by atoms with Crippen LogP contribution < -0.4 is 21.3 Å². The second kappa shape index (κ2) is 8.41. The number of benzene rings is 1. The van der Waals surface area contributed by atoms with E-state index in [1.54, 1.807) is 12.5 Å². The average molecular weight is 365 g/mol. The van der Waals surface area contributed by atoms with Gasteiger partial charge in [0.2, 0.25) is 5.96 Å². The first-order valence-corrected chi connectivity index (χ1v) is 9.63. The molecule has 0 amide bonds. The molecular formula is C21H27N5O. The number of aliphatic imine (C=N–C) groups is 1. The van der Waals surface area contributed by atoms with Gasteiger partial charge in [-0.2, -0.15) is 0 Å². The van der Waals surface area contributed by atoms with Crippen molar-refractivity contribution >= 4 is 17.2 Å². The molecule has 0 aliphatic carbocycles. The Morgan fingerprint density at radius 3 is 2.89 bits per heavy atom. The maximum atomic E-state index is 5.28. The summed E-state index contributed by atoms with van der Waals surface area (Å²) in [6, 6.07) is 10.3. The van der Waals surface area contributed by atoms with Gasteiger partial charge in [-0.25, -0.2) is 4.99 Å². The average Bonchev–Trinajstić information content (AvgIpc) is 3.22. The Balaban J connectivity index is 1.48. The molecular weight excluding hydrogens is 338 g/mol. The number of hydrogen-bond acceptors (Lipinski definition) is 6. The number of hydrogen-bond donors (Lipinski definition) is 4. The molecule has 0 radical (unpaired) electrons. The van der Waals surface area contributed by atoms with Crippen LogP contribution in [0.15, 0.2) is 58.5 Å². The van der Waals surface area contributed by atoms with E-state index in [2.05, 4.69) is 40.3 Å². The van der Waals surface area contributed by atoms with Gasteiger partial charge in [-0.15, -0.1) is 0 Å². The van der Waals surface area contributed by atoms with Crippen LogP contribution in [-0.4, -0.2) is 31.8 Å². The monoisotopic (exact) mass is 365 g/mol. The molecule has 4 N–H and O–H groups in total. The Kier molecular flexibility index (Phi) is 5.55. The number of anilines is 1. The largest absolute Gasteiger partial charge is 0.472 e. The van der Waals surface area contributed by atoms with Crippen molar-refractivity contribution < 1.29 is 4.42 Å². The van der Waals surface area contributed by atoms with E-state index < -0.39 is 0 Å². The number of furan rings is 1. The first kappa shape index (κ1) is 17.8. The molecule has 0 spiro atoms. The molecule has 1 fully saturated rings. The van der Waals surface area contributed by atoms with Gasteiger partial charge in [0, 0.05) is 29.6 Å². The lowest BCUT2D eigenvalue weighted by Gasteiger charge is -2.28. The highest BCUT2D eigenvalue weighted by Crippen LogP contribution is 2.23. The zero-order valence-corrected chi connectivity index (χ0v) is 15.7. The van der Waals surface area contributed by atoms with Gasteiger partial charge < -0.3 is 20.4 Å². The van der Waals surface area contributed by atoms with Gasteiger partial charge in [0.1, 0.15) is 6.17 Å². The van der Waals surface area contributed by atoms with Crippen LogP contribution in [0, 0.1) is 12.8 Å². The van der Waals surface area contributed by atoms with E-state index in [1.807, 2.05) is 24.4 Å². The van der Waals surface area contributed by atoms with E-state index in [0.717, 1.165) is 42.4 Å². The SMILES string of the molecule is Cc1cccc(NC2=NC(NCC3CCNCC3)C(c3ccoc3)=CN2)c1.